The molecule has 0 saturated heterocycles. The van der Waals surface area contributed by atoms with Crippen LogP contribution in [-0.4, -0.2) is 16.2 Å². The number of amides is 1. The number of aromatic nitrogens is 2. The van der Waals surface area contributed by atoms with Gasteiger partial charge < -0.3 is 5.32 Å². The topological polar surface area (TPSA) is 46.9 Å². The maximum absolute atomic E-state index is 14.1. The van der Waals surface area contributed by atoms with Gasteiger partial charge in [-0.2, -0.15) is 13.2 Å². The quantitative estimate of drug-likeness (QED) is 0.565. The Hall–Kier alpha value is -3.16. The monoisotopic (exact) mass is 349 g/mol. The Morgan fingerprint density at radius 2 is 1.80 bits per heavy atom. The minimum atomic E-state index is -4.51. The summed E-state index contributed by atoms with van der Waals surface area (Å²) in [6.45, 7) is 0. The Bertz CT molecular complexity index is 918. The van der Waals surface area contributed by atoms with Gasteiger partial charge in [-0.1, -0.05) is 24.3 Å². The predicted octanol–water partition coefficient (Wildman–Crippen LogP) is 4.27. The number of nitrogens with one attached hydrogen (secondary N) is 1. The molecule has 2 aromatic carbocycles. The first kappa shape index (κ1) is 16.7. The number of anilines is 1. The molecule has 8 heteroatoms. The number of hydrogen-bond donors (Lipinski definition) is 1. The lowest BCUT2D eigenvalue weighted by Gasteiger charge is -2.11. The van der Waals surface area contributed by atoms with Crippen molar-refractivity contribution >= 4 is 12.2 Å². The number of benzene rings is 2. The molecule has 0 bridgehead atoms. The summed E-state index contributed by atoms with van der Waals surface area (Å²) in [5.74, 6) is -0.512. The SMILES string of the molecule is O=CNc1cc(-c2cccc(C(F)(F)F)c2)n(-c2ccccc2F)n1. The van der Waals surface area contributed by atoms with Crippen LogP contribution in [-0.2, 0) is 11.0 Å². The molecule has 4 nitrogen and oxygen atoms in total. The lowest BCUT2D eigenvalue weighted by Crippen LogP contribution is -2.06. The van der Waals surface area contributed by atoms with Crippen LogP contribution in [0.1, 0.15) is 5.56 Å². The second kappa shape index (κ2) is 6.39. The van der Waals surface area contributed by atoms with Crippen LogP contribution >= 0.6 is 0 Å². The molecular formula is C17H11F4N3O. The van der Waals surface area contributed by atoms with Crippen molar-refractivity contribution in [1.29, 1.82) is 0 Å². The Kier molecular flexibility index (Phi) is 4.26. The lowest BCUT2D eigenvalue weighted by molar-refractivity contribution is -0.137. The molecule has 0 aliphatic heterocycles. The standard InChI is InChI=1S/C17H11F4N3O/c18-13-6-1-2-7-14(13)24-15(9-16(23-24)22-10-25)11-4-3-5-12(8-11)17(19,20)21/h1-10H,(H,22,23,25). The minimum Gasteiger partial charge on any atom is -0.312 e. The van der Waals surface area contributed by atoms with Gasteiger partial charge in [-0.3, -0.25) is 4.79 Å². The van der Waals surface area contributed by atoms with Crippen molar-refractivity contribution in [1.82, 2.24) is 9.78 Å². The van der Waals surface area contributed by atoms with Crippen molar-refractivity contribution in [2.24, 2.45) is 0 Å². The van der Waals surface area contributed by atoms with Gasteiger partial charge in [-0.15, -0.1) is 5.10 Å². The van der Waals surface area contributed by atoms with Gasteiger partial charge in [0, 0.05) is 11.6 Å². The largest absolute Gasteiger partial charge is 0.416 e. The lowest BCUT2D eigenvalue weighted by atomic mass is 10.1. The first-order valence-corrected chi connectivity index (χ1v) is 7.13. The van der Waals surface area contributed by atoms with Crippen LogP contribution in [0.3, 0.4) is 0 Å². The van der Waals surface area contributed by atoms with E-state index in [2.05, 4.69) is 10.4 Å². The van der Waals surface area contributed by atoms with Gasteiger partial charge in [0.15, 0.2) is 5.82 Å². The predicted molar refractivity (Wildman–Crippen MR) is 83.6 cm³/mol. The van der Waals surface area contributed by atoms with Crippen molar-refractivity contribution in [3.05, 3.63) is 66.0 Å². The summed E-state index contributed by atoms with van der Waals surface area (Å²) in [5.41, 5.74) is -0.393. The highest BCUT2D eigenvalue weighted by Crippen LogP contribution is 2.33. The molecule has 25 heavy (non-hydrogen) atoms. The number of rotatable bonds is 4. The van der Waals surface area contributed by atoms with Gasteiger partial charge >= 0.3 is 6.18 Å². The van der Waals surface area contributed by atoms with Gasteiger partial charge in [0.25, 0.3) is 0 Å². The van der Waals surface area contributed by atoms with E-state index in [9.17, 15) is 22.4 Å². The fraction of sp³-hybridized carbons (Fsp3) is 0.0588. The second-order valence-electron chi connectivity index (χ2n) is 5.12. The van der Waals surface area contributed by atoms with Gasteiger partial charge in [0.05, 0.1) is 11.3 Å². The molecule has 1 heterocycles. The van der Waals surface area contributed by atoms with Gasteiger partial charge in [0.1, 0.15) is 11.5 Å². The van der Waals surface area contributed by atoms with Crippen LogP contribution in [0.4, 0.5) is 23.4 Å². The van der Waals surface area contributed by atoms with Crippen LogP contribution in [0.5, 0.6) is 0 Å². The fourth-order valence-electron chi connectivity index (χ4n) is 2.38. The van der Waals surface area contributed by atoms with Crippen LogP contribution in [0.2, 0.25) is 0 Å². The van der Waals surface area contributed by atoms with Crippen molar-refractivity contribution in [2.75, 3.05) is 5.32 Å². The van der Waals surface area contributed by atoms with Crippen molar-refractivity contribution in [2.45, 2.75) is 6.18 Å². The van der Waals surface area contributed by atoms with E-state index in [0.717, 1.165) is 16.8 Å². The molecule has 3 aromatic rings. The van der Waals surface area contributed by atoms with Gasteiger partial charge in [-0.05, 0) is 24.3 Å². The first-order chi connectivity index (χ1) is 11.9. The summed E-state index contributed by atoms with van der Waals surface area (Å²) < 4.78 is 54.1. The van der Waals surface area contributed by atoms with Crippen LogP contribution in [0.25, 0.3) is 16.9 Å². The fourth-order valence-corrected chi connectivity index (χ4v) is 2.38. The summed E-state index contributed by atoms with van der Waals surface area (Å²) in [5, 5.41) is 6.37. The van der Waals surface area contributed by atoms with E-state index in [0.29, 0.717) is 6.41 Å². The summed E-state index contributed by atoms with van der Waals surface area (Å²) in [6.07, 6.45) is -4.13. The van der Waals surface area contributed by atoms with Gasteiger partial charge in [0.2, 0.25) is 6.41 Å². The van der Waals surface area contributed by atoms with E-state index in [-0.39, 0.29) is 22.8 Å². The highest BCUT2D eigenvalue weighted by molar-refractivity contribution is 5.74. The summed E-state index contributed by atoms with van der Waals surface area (Å²) in [4.78, 5) is 10.6. The normalized spacial score (nSPS) is 11.4. The molecule has 128 valence electrons. The zero-order valence-electron chi connectivity index (χ0n) is 12.6. The molecule has 0 fully saturated rings. The number of carbonyl (C=O) groups excluding carboxylic acids is 1. The molecule has 1 aromatic heterocycles. The molecule has 0 unspecified atom stereocenters. The molecule has 0 radical (unpaired) electrons. The molecule has 1 amide bonds. The van der Waals surface area contributed by atoms with Crippen LogP contribution < -0.4 is 5.32 Å². The molecule has 0 saturated carbocycles. The molecule has 0 aliphatic carbocycles. The van der Waals surface area contributed by atoms with E-state index < -0.39 is 17.6 Å². The van der Waals surface area contributed by atoms with E-state index in [1.54, 1.807) is 6.07 Å². The van der Waals surface area contributed by atoms with E-state index in [1.807, 2.05) is 0 Å². The number of carbonyl (C=O) groups is 1. The number of nitrogens with zero attached hydrogens (tertiary/aromatic N) is 2. The van der Waals surface area contributed by atoms with Crippen molar-refractivity contribution in [3.63, 3.8) is 0 Å². The second-order valence-corrected chi connectivity index (χ2v) is 5.12. The average molecular weight is 349 g/mol. The third-order valence-corrected chi connectivity index (χ3v) is 3.48. The summed E-state index contributed by atoms with van der Waals surface area (Å²) in [7, 11) is 0. The molecule has 1 N–H and O–H groups in total. The van der Waals surface area contributed by atoms with E-state index in [1.165, 1.54) is 36.4 Å². The summed E-state index contributed by atoms with van der Waals surface area (Å²) >= 11 is 0. The Morgan fingerprint density at radius 3 is 2.48 bits per heavy atom. The Labute approximate surface area is 139 Å². The molecule has 0 spiro atoms. The van der Waals surface area contributed by atoms with Crippen molar-refractivity contribution in [3.8, 4) is 16.9 Å². The summed E-state index contributed by atoms with van der Waals surface area (Å²) in [6, 6.07) is 11.7. The van der Waals surface area contributed by atoms with Gasteiger partial charge in [-0.25, -0.2) is 9.07 Å². The first-order valence-electron chi connectivity index (χ1n) is 7.13. The van der Waals surface area contributed by atoms with Crippen LogP contribution in [0, 0.1) is 5.82 Å². The van der Waals surface area contributed by atoms with E-state index in [4.69, 9.17) is 0 Å². The molecule has 0 aliphatic rings. The number of hydrogen-bond acceptors (Lipinski definition) is 2. The number of para-hydroxylation sites is 1. The number of halogens is 4. The average Bonchev–Trinajstić information content (AvgIpc) is 2.99. The Morgan fingerprint density at radius 1 is 1.04 bits per heavy atom. The number of alkyl halides is 3. The molecular weight excluding hydrogens is 338 g/mol. The highest BCUT2D eigenvalue weighted by atomic mass is 19.4. The molecule has 3 rings (SSSR count). The smallest absolute Gasteiger partial charge is 0.312 e. The molecule has 0 atom stereocenters. The maximum Gasteiger partial charge on any atom is 0.416 e. The third-order valence-electron chi connectivity index (χ3n) is 3.48. The highest BCUT2D eigenvalue weighted by Gasteiger charge is 2.30. The van der Waals surface area contributed by atoms with Crippen molar-refractivity contribution < 1.29 is 22.4 Å². The minimum absolute atomic E-state index is 0.0499. The zero-order chi connectivity index (χ0) is 18.0. The zero-order valence-corrected chi connectivity index (χ0v) is 12.6. The Balaban J connectivity index is 2.19. The maximum atomic E-state index is 14.1. The van der Waals surface area contributed by atoms with E-state index >= 15 is 0 Å². The van der Waals surface area contributed by atoms with Crippen LogP contribution in [0.15, 0.2) is 54.6 Å². The third kappa shape index (κ3) is 3.37.